The lowest BCUT2D eigenvalue weighted by atomic mass is 10.2. The van der Waals surface area contributed by atoms with Crippen LogP contribution in [-0.2, 0) is 20.9 Å². The van der Waals surface area contributed by atoms with E-state index >= 15 is 0 Å². The maximum Gasteiger partial charge on any atom is 0.319 e. The van der Waals surface area contributed by atoms with Crippen molar-refractivity contribution in [2.75, 3.05) is 6.61 Å². The van der Waals surface area contributed by atoms with E-state index in [4.69, 9.17) is 4.74 Å². The van der Waals surface area contributed by atoms with Crippen molar-refractivity contribution in [2.45, 2.75) is 23.6 Å². The Morgan fingerprint density at radius 2 is 1.65 bits per heavy atom. The van der Waals surface area contributed by atoms with Gasteiger partial charge in [0.25, 0.3) is 5.91 Å². The molecule has 120 valence electrons. The van der Waals surface area contributed by atoms with Crippen LogP contribution in [0.1, 0.15) is 12.5 Å². The number of amides is 1. The Kier molecular flexibility index (Phi) is 6.69. The lowest BCUT2D eigenvalue weighted by Gasteiger charge is -2.11. The standard InChI is InChI=1S/C18H19NO3S/c1-14(23-16-10-6-3-7-11-16)18(21)22-13-17(20)19-12-15-8-4-2-5-9-15/h2-11,14H,12-13H2,1H3,(H,19,20)/t14-/m0/s1. The van der Waals surface area contributed by atoms with E-state index in [-0.39, 0.29) is 17.8 Å². The zero-order valence-corrected chi connectivity index (χ0v) is 13.7. The molecule has 2 aromatic rings. The van der Waals surface area contributed by atoms with Crippen LogP contribution in [-0.4, -0.2) is 23.7 Å². The van der Waals surface area contributed by atoms with Crippen LogP contribution in [0.25, 0.3) is 0 Å². The molecule has 0 aliphatic carbocycles. The van der Waals surface area contributed by atoms with Crippen molar-refractivity contribution in [1.29, 1.82) is 0 Å². The number of carbonyl (C=O) groups is 2. The molecule has 0 aliphatic heterocycles. The summed E-state index contributed by atoms with van der Waals surface area (Å²) in [5, 5.41) is 2.36. The predicted molar refractivity (Wildman–Crippen MR) is 91.0 cm³/mol. The number of carbonyl (C=O) groups excluding carboxylic acids is 2. The molecule has 0 bridgehead atoms. The molecule has 0 aromatic heterocycles. The van der Waals surface area contributed by atoms with Crippen LogP contribution < -0.4 is 5.32 Å². The predicted octanol–water partition coefficient (Wildman–Crippen LogP) is 3.03. The fourth-order valence-electron chi connectivity index (χ4n) is 1.85. The second kappa shape index (κ2) is 9.00. The lowest BCUT2D eigenvalue weighted by Crippen LogP contribution is -2.30. The molecule has 23 heavy (non-hydrogen) atoms. The van der Waals surface area contributed by atoms with E-state index in [2.05, 4.69) is 5.32 Å². The van der Waals surface area contributed by atoms with Gasteiger partial charge in [0.15, 0.2) is 6.61 Å². The highest BCUT2D eigenvalue weighted by Crippen LogP contribution is 2.23. The molecule has 0 radical (unpaired) electrons. The van der Waals surface area contributed by atoms with Gasteiger partial charge >= 0.3 is 5.97 Å². The van der Waals surface area contributed by atoms with Gasteiger partial charge in [-0.15, -0.1) is 11.8 Å². The van der Waals surface area contributed by atoms with Gasteiger partial charge in [-0.3, -0.25) is 9.59 Å². The third kappa shape index (κ3) is 6.16. The van der Waals surface area contributed by atoms with E-state index in [0.717, 1.165) is 10.5 Å². The Morgan fingerprint density at radius 1 is 1.04 bits per heavy atom. The highest BCUT2D eigenvalue weighted by Gasteiger charge is 2.17. The van der Waals surface area contributed by atoms with Gasteiger partial charge in [-0.1, -0.05) is 48.5 Å². The molecular formula is C18H19NO3S. The Balaban J connectivity index is 1.70. The van der Waals surface area contributed by atoms with Gasteiger partial charge in [0, 0.05) is 11.4 Å². The van der Waals surface area contributed by atoms with Crippen molar-refractivity contribution in [3.63, 3.8) is 0 Å². The average molecular weight is 329 g/mol. The number of benzene rings is 2. The fraction of sp³-hybridized carbons (Fsp3) is 0.222. The summed E-state index contributed by atoms with van der Waals surface area (Å²) >= 11 is 1.41. The molecule has 1 atom stereocenters. The largest absolute Gasteiger partial charge is 0.455 e. The van der Waals surface area contributed by atoms with Crippen LogP contribution in [0, 0.1) is 0 Å². The summed E-state index contributed by atoms with van der Waals surface area (Å²) < 4.78 is 5.05. The van der Waals surface area contributed by atoms with Gasteiger partial charge in [0.2, 0.25) is 0 Å². The molecule has 0 saturated carbocycles. The first-order valence-electron chi connectivity index (χ1n) is 7.34. The minimum absolute atomic E-state index is 0.259. The summed E-state index contributed by atoms with van der Waals surface area (Å²) in [4.78, 5) is 24.6. The van der Waals surface area contributed by atoms with Crippen molar-refractivity contribution in [2.24, 2.45) is 0 Å². The van der Waals surface area contributed by atoms with Crippen LogP contribution in [0.15, 0.2) is 65.6 Å². The van der Waals surface area contributed by atoms with E-state index in [1.54, 1.807) is 6.92 Å². The minimum Gasteiger partial charge on any atom is -0.455 e. The third-order valence-corrected chi connectivity index (χ3v) is 4.16. The molecule has 0 saturated heterocycles. The van der Waals surface area contributed by atoms with Gasteiger partial charge in [0.05, 0.1) is 0 Å². The van der Waals surface area contributed by atoms with Gasteiger partial charge in [-0.05, 0) is 24.6 Å². The van der Waals surface area contributed by atoms with Crippen molar-refractivity contribution < 1.29 is 14.3 Å². The molecule has 0 fully saturated rings. The topological polar surface area (TPSA) is 55.4 Å². The minimum atomic E-state index is -0.395. The number of ether oxygens (including phenoxy) is 1. The van der Waals surface area contributed by atoms with E-state index in [9.17, 15) is 9.59 Å². The smallest absolute Gasteiger partial charge is 0.319 e. The molecule has 0 unspecified atom stereocenters. The van der Waals surface area contributed by atoms with Crippen LogP contribution in [0.2, 0.25) is 0 Å². The number of hydrogen-bond acceptors (Lipinski definition) is 4. The van der Waals surface area contributed by atoms with Crippen molar-refractivity contribution >= 4 is 23.6 Å². The number of esters is 1. The fourth-order valence-corrected chi connectivity index (χ4v) is 2.74. The summed E-state index contributed by atoms with van der Waals surface area (Å²) in [5.74, 6) is -0.701. The molecular weight excluding hydrogens is 310 g/mol. The second-order valence-electron chi connectivity index (χ2n) is 4.94. The van der Waals surface area contributed by atoms with Crippen molar-refractivity contribution in [3.8, 4) is 0 Å². The summed E-state index contributed by atoms with van der Waals surface area (Å²) in [6.45, 7) is 1.93. The first-order valence-corrected chi connectivity index (χ1v) is 8.22. The van der Waals surface area contributed by atoms with Crippen LogP contribution in [0.3, 0.4) is 0 Å². The number of rotatable bonds is 7. The Hall–Kier alpha value is -2.27. The molecule has 4 nitrogen and oxygen atoms in total. The Morgan fingerprint density at radius 3 is 2.30 bits per heavy atom. The number of hydrogen-bond donors (Lipinski definition) is 1. The Bertz CT molecular complexity index is 631. The van der Waals surface area contributed by atoms with E-state index in [1.807, 2.05) is 60.7 Å². The van der Waals surface area contributed by atoms with Crippen LogP contribution in [0.4, 0.5) is 0 Å². The van der Waals surface area contributed by atoms with Gasteiger partial charge in [-0.25, -0.2) is 0 Å². The lowest BCUT2D eigenvalue weighted by molar-refractivity contribution is -0.147. The molecule has 1 N–H and O–H groups in total. The second-order valence-corrected chi connectivity index (χ2v) is 6.36. The van der Waals surface area contributed by atoms with Crippen molar-refractivity contribution in [3.05, 3.63) is 66.2 Å². The number of nitrogens with one attached hydrogen (secondary N) is 1. The van der Waals surface area contributed by atoms with Crippen LogP contribution >= 0.6 is 11.8 Å². The molecule has 1 amide bonds. The zero-order chi connectivity index (χ0) is 16.5. The summed E-state index contributed by atoms with van der Waals surface area (Å²) in [6.07, 6.45) is 0. The quantitative estimate of drug-likeness (QED) is 0.627. The normalized spacial score (nSPS) is 11.5. The van der Waals surface area contributed by atoms with E-state index in [1.165, 1.54) is 11.8 Å². The van der Waals surface area contributed by atoms with E-state index in [0.29, 0.717) is 6.54 Å². The Labute approximate surface area is 140 Å². The molecule has 0 spiro atoms. The molecule has 0 heterocycles. The maximum atomic E-state index is 11.9. The van der Waals surface area contributed by atoms with Gasteiger partial charge < -0.3 is 10.1 Å². The monoisotopic (exact) mass is 329 g/mol. The molecule has 2 rings (SSSR count). The summed E-state index contributed by atoms with van der Waals surface area (Å²) in [7, 11) is 0. The first kappa shape index (κ1) is 17.1. The average Bonchev–Trinajstić information content (AvgIpc) is 2.59. The highest BCUT2D eigenvalue weighted by molar-refractivity contribution is 8.00. The third-order valence-electron chi connectivity index (χ3n) is 3.07. The van der Waals surface area contributed by atoms with Gasteiger partial charge in [0.1, 0.15) is 5.25 Å². The number of thioether (sulfide) groups is 1. The molecule has 5 heteroatoms. The highest BCUT2D eigenvalue weighted by atomic mass is 32.2. The van der Waals surface area contributed by atoms with Gasteiger partial charge in [-0.2, -0.15) is 0 Å². The zero-order valence-electron chi connectivity index (χ0n) is 12.9. The van der Waals surface area contributed by atoms with Crippen molar-refractivity contribution in [1.82, 2.24) is 5.32 Å². The maximum absolute atomic E-state index is 11.9. The first-order chi connectivity index (χ1) is 11.1. The molecule has 0 aliphatic rings. The summed E-state index contributed by atoms with van der Waals surface area (Å²) in [6, 6.07) is 19.2. The van der Waals surface area contributed by atoms with Crippen LogP contribution in [0.5, 0.6) is 0 Å². The van der Waals surface area contributed by atoms with E-state index < -0.39 is 5.97 Å². The SMILES string of the molecule is C[C@H](Sc1ccccc1)C(=O)OCC(=O)NCc1ccccc1. The summed E-state index contributed by atoms with van der Waals surface area (Å²) in [5.41, 5.74) is 1.00. The molecule has 2 aromatic carbocycles.